The monoisotopic (exact) mass is 140 g/mol. The van der Waals surface area contributed by atoms with Crippen LogP contribution in [0.1, 0.15) is 41.0 Å². The first-order valence-electron chi connectivity index (χ1n) is 4.02. The number of hydrogen-bond donors (Lipinski definition) is 0. The van der Waals surface area contributed by atoms with E-state index in [1.54, 1.807) is 0 Å². The molecule has 0 heteroatoms. The van der Waals surface area contributed by atoms with Crippen molar-refractivity contribution < 1.29 is 0 Å². The molecule has 0 aliphatic carbocycles. The lowest BCUT2D eigenvalue weighted by molar-refractivity contribution is 0.455. The molecule has 0 heterocycles. The van der Waals surface area contributed by atoms with Gasteiger partial charge in [-0.1, -0.05) is 46.8 Å². The zero-order valence-electron chi connectivity index (χ0n) is 7.99. The zero-order chi connectivity index (χ0) is 8.36. The lowest BCUT2D eigenvalue weighted by Gasteiger charge is -2.23. The van der Waals surface area contributed by atoms with Gasteiger partial charge in [-0.15, -0.1) is 0 Å². The summed E-state index contributed by atoms with van der Waals surface area (Å²) in [7, 11) is 0. The van der Waals surface area contributed by atoms with Crippen molar-refractivity contribution in [3.8, 4) is 0 Å². The Labute approximate surface area is 65.3 Å². The van der Waals surface area contributed by atoms with Crippen molar-refractivity contribution in [3.05, 3.63) is 12.2 Å². The maximum atomic E-state index is 4.07. The van der Waals surface area contributed by atoms with Crippen molar-refractivity contribution in [1.82, 2.24) is 0 Å². The zero-order valence-corrected chi connectivity index (χ0v) is 7.99. The van der Waals surface area contributed by atoms with Crippen molar-refractivity contribution in [2.75, 3.05) is 0 Å². The summed E-state index contributed by atoms with van der Waals surface area (Å²) in [5.41, 5.74) is 1.66. The van der Waals surface area contributed by atoms with Gasteiger partial charge in [-0.25, -0.2) is 0 Å². The second kappa shape index (κ2) is 3.23. The van der Waals surface area contributed by atoms with Gasteiger partial charge in [0.25, 0.3) is 0 Å². The Morgan fingerprint density at radius 2 is 1.70 bits per heavy atom. The van der Waals surface area contributed by atoms with Gasteiger partial charge in [-0.2, -0.15) is 0 Å². The summed E-state index contributed by atoms with van der Waals surface area (Å²) in [5, 5.41) is 0. The molecule has 10 heavy (non-hydrogen) atoms. The Morgan fingerprint density at radius 1 is 1.30 bits per heavy atom. The van der Waals surface area contributed by atoms with Gasteiger partial charge in [0.2, 0.25) is 0 Å². The molecule has 0 nitrogen and oxygen atoms in total. The van der Waals surface area contributed by atoms with Crippen molar-refractivity contribution in [2.45, 2.75) is 41.0 Å². The van der Waals surface area contributed by atoms with Crippen LogP contribution in [0.5, 0.6) is 0 Å². The van der Waals surface area contributed by atoms with Gasteiger partial charge in [0, 0.05) is 0 Å². The summed E-state index contributed by atoms with van der Waals surface area (Å²) >= 11 is 0. The third-order valence-electron chi connectivity index (χ3n) is 1.72. The average Bonchev–Trinajstić information content (AvgIpc) is 1.60. The van der Waals surface area contributed by atoms with Crippen LogP contribution in [0.2, 0.25) is 0 Å². The quantitative estimate of drug-likeness (QED) is 0.514. The normalized spacial score (nSPS) is 12.2. The highest BCUT2D eigenvalue weighted by atomic mass is 14.2. The number of hydrogen-bond acceptors (Lipinski definition) is 0. The predicted molar refractivity (Wildman–Crippen MR) is 48.1 cm³/mol. The standard InChI is InChI=1S/C10H20/c1-8(2)7-9(3)10(4,5)6/h8H,3,7H2,1-2,4-6H3. The van der Waals surface area contributed by atoms with E-state index in [2.05, 4.69) is 41.2 Å². The van der Waals surface area contributed by atoms with Crippen LogP contribution in [0, 0.1) is 11.3 Å². The van der Waals surface area contributed by atoms with E-state index < -0.39 is 0 Å². The number of allylic oxidation sites excluding steroid dienone is 1. The molecule has 0 aromatic rings. The first-order valence-corrected chi connectivity index (χ1v) is 4.02. The van der Waals surface area contributed by atoms with E-state index in [0.717, 1.165) is 12.3 Å². The SMILES string of the molecule is C=C(CC(C)C)C(C)(C)C. The molecule has 0 saturated carbocycles. The van der Waals surface area contributed by atoms with Crippen LogP contribution in [-0.4, -0.2) is 0 Å². The molecule has 0 aromatic carbocycles. The molecule has 0 rings (SSSR count). The molecular formula is C10H20. The molecular weight excluding hydrogens is 120 g/mol. The minimum absolute atomic E-state index is 0.296. The van der Waals surface area contributed by atoms with Crippen LogP contribution in [0.3, 0.4) is 0 Å². The van der Waals surface area contributed by atoms with E-state index in [1.807, 2.05) is 0 Å². The summed E-state index contributed by atoms with van der Waals surface area (Å²) in [5.74, 6) is 0.742. The van der Waals surface area contributed by atoms with Crippen LogP contribution in [0.25, 0.3) is 0 Å². The maximum Gasteiger partial charge on any atom is -0.0176 e. The molecule has 0 spiro atoms. The summed E-state index contributed by atoms with van der Waals surface area (Å²) < 4.78 is 0. The molecule has 0 saturated heterocycles. The molecule has 0 N–H and O–H groups in total. The topological polar surface area (TPSA) is 0 Å². The molecule has 0 unspecified atom stereocenters. The van der Waals surface area contributed by atoms with Gasteiger partial charge >= 0.3 is 0 Å². The number of rotatable bonds is 2. The molecule has 0 aromatic heterocycles. The minimum atomic E-state index is 0.296. The van der Waals surface area contributed by atoms with E-state index in [0.29, 0.717) is 5.41 Å². The van der Waals surface area contributed by atoms with Crippen LogP contribution in [0.15, 0.2) is 12.2 Å². The average molecular weight is 140 g/mol. The molecule has 0 amide bonds. The highest BCUT2D eigenvalue weighted by molar-refractivity contribution is 5.05. The van der Waals surface area contributed by atoms with Crippen molar-refractivity contribution in [3.63, 3.8) is 0 Å². The second-order valence-electron chi connectivity index (χ2n) is 4.45. The lowest BCUT2D eigenvalue weighted by atomic mass is 9.83. The van der Waals surface area contributed by atoms with Crippen LogP contribution < -0.4 is 0 Å². The summed E-state index contributed by atoms with van der Waals surface area (Å²) in [6.45, 7) is 15.2. The Morgan fingerprint density at radius 3 is 1.80 bits per heavy atom. The fraction of sp³-hybridized carbons (Fsp3) is 0.800. The minimum Gasteiger partial charge on any atom is -0.0993 e. The molecule has 0 bridgehead atoms. The lowest BCUT2D eigenvalue weighted by Crippen LogP contribution is -2.10. The largest absolute Gasteiger partial charge is 0.0993 e. The summed E-state index contributed by atoms with van der Waals surface area (Å²) in [6, 6.07) is 0. The predicted octanol–water partition coefficient (Wildman–Crippen LogP) is 3.63. The Kier molecular flexibility index (Phi) is 3.14. The first kappa shape index (κ1) is 9.74. The Bertz CT molecular complexity index is 112. The third kappa shape index (κ3) is 3.71. The summed E-state index contributed by atoms with van der Waals surface area (Å²) in [4.78, 5) is 0. The van der Waals surface area contributed by atoms with E-state index in [-0.39, 0.29) is 0 Å². The van der Waals surface area contributed by atoms with Gasteiger partial charge < -0.3 is 0 Å². The van der Waals surface area contributed by atoms with Gasteiger partial charge in [0.1, 0.15) is 0 Å². The van der Waals surface area contributed by atoms with E-state index in [1.165, 1.54) is 5.57 Å². The Hall–Kier alpha value is -0.260. The molecule has 0 aliphatic heterocycles. The summed E-state index contributed by atoms with van der Waals surface area (Å²) in [6.07, 6.45) is 1.16. The molecule has 60 valence electrons. The van der Waals surface area contributed by atoms with E-state index in [4.69, 9.17) is 0 Å². The highest BCUT2D eigenvalue weighted by Crippen LogP contribution is 2.28. The first-order chi connectivity index (χ1) is 4.34. The molecule has 0 atom stereocenters. The maximum absolute atomic E-state index is 4.07. The van der Waals surface area contributed by atoms with E-state index >= 15 is 0 Å². The van der Waals surface area contributed by atoms with Crippen LogP contribution in [-0.2, 0) is 0 Å². The van der Waals surface area contributed by atoms with Crippen LogP contribution in [0.4, 0.5) is 0 Å². The molecule has 0 radical (unpaired) electrons. The van der Waals surface area contributed by atoms with Crippen LogP contribution >= 0.6 is 0 Å². The third-order valence-corrected chi connectivity index (χ3v) is 1.72. The molecule has 0 fully saturated rings. The van der Waals surface area contributed by atoms with Gasteiger partial charge in [0.15, 0.2) is 0 Å². The van der Waals surface area contributed by atoms with Gasteiger partial charge in [-0.05, 0) is 17.8 Å². The van der Waals surface area contributed by atoms with Crippen molar-refractivity contribution >= 4 is 0 Å². The van der Waals surface area contributed by atoms with Gasteiger partial charge in [0.05, 0.1) is 0 Å². The smallest absolute Gasteiger partial charge is 0.0176 e. The molecule has 0 aliphatic rings. The fourth-order valence-corrected chi connectivity index (χ4v) is 0.799. The highest BCUT2D eigenvalue weighted by Gasteiger charge is 2.14. The van der Waals surface area contributed by atoms with Gasteiger partial charge in [-0.3, -0.25) is 0 Å². The Balaban J connectivity index is 3.87. The van der Waals surface area contributed by atoms with Crippen molar-refractivity contribution in [1.29, 1.82) is 0 Å². The second-order valence-corrected chi connectivity index (χ2v) is 4.45. The van der Waals surface area contributed by atoms with E-state index in [9.17, 15) is 0 Å². The fourth-order valence-electron chi connectivity index (χ4n) is 0.799. The van der Waals surface area contributed by atoms with Crippen molar-refractivity contribution in [2.24, 2.45) is 11.3 Å².